The third-order valence-electron chi connectivity index (χ3n) is 4.28. The number of hydrogen-bond acceptors (Lipinski definition) is 4. The van der Waals surface area contributed by atoms with E-state index in [4.69, 9.17) is 5.73 Å². The van der Waals surface area contributed by atoms with E-state index in [2.05, 4.69) is 21.7 Å². The van der Waals surface area contributed by atoms with Gasteiger partial charge in [0.15, 0.2) is 11.5 Å². The van der Waals surface area contributed by atoms with Crippen molar-refractivity contribution in [3.63, 3.8) is 0 Å². The van der Waals surface area contributed by atoms with E-state index in [1.807, 2.05) is 31.2 Å². The molecule has 3 rings (SSSR count). The van der Waals surface area contributed by atoms with Crippen molar-refractivity contribution in [2.24, 2.45) is 0 Å². The number of carbonyl (C=O) groups is 1. The maximum absolute atomic E-state index is 12.3. The zero-order valence-electron chi connectivity index (χ0n) is 14.0. The summed E-state index contributed by atoms with van der Waals surface area (Å²) in [5.41, 5.74) is 9.56. The topological polar surface area (TPSA) is 85.8 Å². The van der Waals surface area contributed by atoms with Gasteiger partial charge in [0.05, 0.1) is 5.69 Å². The summed E-state index contributed by atoms with van der Waals surface area (Å²) in [6.07, 6.45) is 7.99. The van der Waals surface area contributed by atoms with Crippen molar-refractivity contribution in [2.45, 2.75) is 39.0 Å². The molecule has 126 valence electrons. The minimum absolute atomic E-state index is 0.175. The first-order chi connectivity index (χ1) is 11.6. The summed E-state index contributed by atoms with van der Waals surface area (Å²) in [7, 11) is 0. The summed E-state index contributed by atoms with van der Waals surface area (Å²) >= 11 is 0. The number of rotatable bonds is 5. The quantitative estimate of drug-likeness (QED) is 0.828. The van der Waals surface area contributed by atoms with Gasteiger partial charge in [0, 0.05) is 6.54 Å². The number of hydrogen-bond donors (Lipinski definition) is 2. The molecule has 2 aromatic rings. The third kappa shape index (κ3) is 3.64. The first-order valence-electron chi connectivity index (χ1n) is 8.39. The number of nitrogen functional groups attached to an aromatic ring is 1. The predicted molar refractivity (Wildman–Crippen MR) is 94.0 cm³/mol. The SMILES string of the molecule is Cc1cccc(-n2nnc(C(=O)NCCC3=CCCCC3)c2N)c1. The lowest BCUT2D eigenvalue weighted by molar-refractivity contribution is 0.0950. The first-order valence-corrected chi connectivity index (χ1v) is 8.39. The van der Waals surface area contributed by atoms with Gasteiger partial charge >= 0.3 is 0 Å². The highest BCUT2D eigenvalue weighted by molar-refractivity contribution is 5.96. The Morgan fingerprint density at radius 1 is 1.38 bits per heavy atom. The fourth-order valence-corrected chi connectivity index (χ4v) is 2.95. The van der Waals surface area contributed by atoms with E-state index >= 15 is 0 Å². The van der Waals surface area contributed by atoms with Crippen molar-refractivity contribution in [1.82, 2.24) is 20.3 Å². The Balaban J connectivity index is 1.64. The fourth-order valence-electron chi connectivity index (χ4n) is 2.95. The van der Waals surface area contributed by atoms with E-state index in [9.17, 15) is 4.79 Å². The molecule has 1 heterocycles. The molecule has 6 heteroatoms. The normalized spacial score (nSPS) is 14.3. The molecule has 0 unspecified atom stereocenters. The maximum atomic E-state index is 12.3. The Morgan fingerprint density at radius 3 is 3.00 bits per heavy atom. The molecule has 3 N–H and O–H groups in total. The van der Waals surface area contributed by atoms with Crippen molar-refractivity contribution in [2.75, 3.05) is 12.3 Å². The van der Waals surface area contributed by atoms with Gasteiger partial charge in [-0.05, 0) is 56.7 Å². The van der Waals surface area contributed by atoms with Gasteiger partial charge < -0.3 is 11.1 Å². The number of allylic oxidation sites excluding steroid dienone is 1. The van der Waals surface area contributed by atoms with Crippen LogP contribution in [0.2, 0.25) is 0 Å². The zero-order chi connectivity index (χ0) is 16.9. The molecule has 1 aliphatic carbocycles. The Labute approximate surface area is 141 Å². The molecule has 1 amide bonds. The van der Waals surface area contributed by atoms with Gasteiger partial charge in [-0.25, -0.2) is 0 Å². The van der Waals surface area contributed by atoms with Gasteiger partial charge in [-0.3, -0.25) is 4.79 Å². The number of carbonyl (C=O) groups excluding carboxylic acids is 1. The van der Waals surface area contributed by atoms with Crippen LogP contribution in [0, 0.1) is 6.92 Å². The summed E-state index contributed by atoms with van der Waals surface area (Å²) in [6, 6.07) is 7.74. The standard InChI is InChI=1S/C18H23N5O/c1-13-6-5-9-15(12-13)23-17(19)16(21-22-23)18(24)20-11-10-14-7-3-2-4-8-14/h5-7,9,12H,2-4,8,10-11,19H2,1H3,(H,20,24). The maximum Gasteiger partial charge on any atom is 0.275 e. The Bertz CT molecular complexity index is 763. The molecule has 0 aliphatic heterocycles. The third-order valence-corrected chi connectivity index (χ3v) is 4.28. The average molecular weight is 325 g/mol. The molecule has 0 fully saturated rings. The van der Waals surface area contributed by atoms with Crippen LogP contribution in [-0.4, -0.2) is 27.4 Å². The summed E-state index contributed by atoms with van der Waals surface area (Å²) in [6.45, 7) is 2.59. The summed E-state index contributed by atoms with van der Waals surface area (Å²) < 4.78 is 1.49. The van der Waals surface area contributed by atoms with Crippen molar-refractivity contribution in [3.05, 3.63) is 47.2 Å². The van der Waals surface area contributed by atoms with Gasteiger partial charge in [0.1, 0.15) is 0 Å². The molecule has 0 spiro atoms. The number of benzene rings is 1. The molecular formula is C18H23N5O. The second-order valence-corrected chi connectivity index (χ2v) is 6.19. The largest absolute Gasteiger partial charge is 0.382 e. The lowest BCUT2D eigenvalue weighted by Gasteiger charge is -2.12. The molecular weight excluding hydrogens is 302 g/mol. The molecule has 0 bridgehead atoms. The minimum atomic E-state index is -0.275. The number of anilines is 1. The monoisotopic (exact) mass is 325 g/mol. The van der Waals surface area contributed by atoms with Crippen molar-refractivity contribution < 1.29 is 4.79 Å². The molecule has 1 aromatic heterocycles. The van der Waals surface area contributed by atoms with E-state index in [0.717, 1.165) is 30.5 Å². The van der Waals surface area contributed by atoms with Crippen LogP contribution < -0.4 is 11.1 Å². The molecule has 1 aromatic carbocycles. The van der Waals surface area contributed by atoms with Gasteiger partial charge in [0.25, 0.3) is 5.91 Å². The highest BCUT2D eigenvalue weighted by atomic mass is 16.2. The highest BCUT2D eigenvalue weighted by Crippen LogP contribution is 2.20. The Morgan fingerprint density at radius 2 is 2.25 bits per heavy atom. The predicted octanol–water partition coefficient (Wildman–Crippen LogP) is 2.78. The summed E-state index contributed by atoms with van der Waals surface area (Å²) in [4.78, 5) is 12.3. The van der Waals surface area contributed by atoms with E-state index in [0.29, 0.717) is 6.54 Å². The van der Waals surface area contributed by atoms with Gasteiger partial charge in [0.2, 0.25) is 0 Å². The van der Waals surface area contributed by atoms with Crippen LogP contribution in [0.4, 0.5) is 5.82 Å². The van der Waals surface area contributed by atoms with Crippen LogP contribution in [0.5, 0.6) is 0 Å². The Hall–Kier alpha value is -2.63. The van der Waals surface area contributed by atoms with Gasteiger partial charge in [-0.1, -0.05) is 29.0 Å². The van der Waals surface area contributed by atoms with Crippen LogP contribution >= 0.6 is 0 Å². The van der Waals surface area contributed by atoms with Gasteiger partial charge in [-0.15, -0.1) is 5.10 Å². The molecule has 0 atom stereocenters. The lowest BCUT2D eigenvalue weighted by Crippen LogP contribution is -2.26. The number of nitrogens with zero attached hydrogens (tertiary/aromatic N) is 3. The number of amides is 1. The minimum Gasteiger partial charge on any atom is -0.382 e. The summed E-state index contributed by atoms with van der Waals surface area (Å²) in [5, 5.41) is 10.9. The highest BCUT2D eigenvalue weighted by Gasteiger charge is 2.18. The molecule has 6 nitrogen and oxygen atoms in total. The zero-order valence-corrected chi connectivity index (χ0v) is 14.0. The first kappa shape index (κ1) is 16.2. The fraction of sp³-hybridized carbons (Fsp3) is 0.389. The molecule has 0 radical (unpaired) electrons. The number of aryl methyl sites for hydroxylation is 1. The van der Waals surface area contributed by atoms with Crippen LogP contribution in [0.1, 0.15) is 48.2 Å². The number of aromatic nitrogens is 3. The van der Waals surface area contributed by atoms with E-state index in [-0.39, 0.29) is 17.4 Å². The second-order valence-electron chi connectivity index (χ2n) is 6.19. The van der Waals surface area contributed by atoms with Crippen LogP contribution in [0.25, 0.3) is 5.69 Å². The summed E-state index contributed by atoms with van der Waals surface area (Å²) in [5.74, 6) is -0.0159. The van der Waals surface area contributed by atoms with E-state index in [1.54, 1.807) is 0 Å². The van der Waals surface area contributed by atoms with Crippen LogP contribution in [0.15, 0.2) is 35.9 Å². The lowest BCUT2D eigenvalue weighted by atomic mass is 9.97. The molecule has 24 heavy (non-hydrogen) atoms. The van der Waals surface area contributed by atoms with E-state index < -0.39 is 0 Å². The molecule has 1 aliphatic rings. The van der Waals surface area contributed by atoms with Crippen LogP contribution in [0.3, 0.4) is 0 Å². The van der Waals surface area contributed by atoms with Crippen molar-refractivity contribution in [3.8, 4) is 5.69 Å². The van der Waals surface area contributed by atoms with Gasteiger partial charge in [-0.2, -0.15) is 4.68 Å². The second kappa shape index (κ2) is 7.29. The van der Waals surface area contributed by atoms with Crippen LogP contribution in [-0.2, 0) is 0 Å². The Kier molecular flexibility index (Phi) is 4.93. The van der Waals surface area contributed by atoms with Crippen molar-refractivity contribution in [1.29, 1.82) is 0 Å². The molecule has 0 saturated carbocycles. The average Bonchev–Trinajstić information content (AvgIpc) is 2.97. The number of nitrogens with two attached hydrogens (primary N) is 1. The van der Waals surface area contributed by atoms with E-state index in [1.165, 1.54) is 23.1 Å². The smallest absolute Gasteiger partial charge is 0.275 e. The number of nitrogens with one attached hydrogen (secondary N) is 1. The molecule has 0 saturated heterocycles. The van der Waals surface area contributed by atoms with Crippen molar-refractivity contribution >= 4 is 11.7 Å².